The molecule has 2 aromatic carbocycles. The molecule has 15 N–H and O–H groups in total. The number of hydrogen-bond acceptors (Lipinski definition) is 19. The number of anilines is 2. The van der Waals surface area contributed by atoms with Gasteiger partial charge in [-0.3, -0.25) is 28.8 Å². The number of nitrogens with one attached hydrogen (secondary N) is 2. The Morgan fingerprint density at radius 1 is 0.394 bits per heavy atom. The summed E-state index contributed by atoms with van der Waals surface area (Å²) in [4.78, 5) is 85.7. The molecule has 6 amide bonds. The minimum atomic E-state index is -2.71. The van der Waals surface area contributed by atoms with Gasteiger partial charge < -0.3 is 96.6 Å². The summed E-state index contributed by atoms with van der Waals surface area (Å²) in [5, 5.41) is 136. The zero-order chi connectivity index (χ0) is 51.1. The van der Waals surface area contributed by atoms with E-state index in [1.165, 1.54) is 0 Å². The van der Waals surface area contributed by atoms with Crippen molar-refractivity contribution in [1.82, 2.24) is 19.6 Å². The number of rotatable bonds is 20. The Morgan fingerprint density at radius 2 is 0.576 bits per heavy atom. The van der Waals surface area contributed by atoms with Crippen molar-refractivity contribution >= 4 is 182 Å². The first-order chi connectivity index (χ1) is 30.5. The number of benzene rings is 2. The molecule has 25 nitrogen and oxygen atoms in total. The highest BCUT2D eigenvalue weighted by atomic mass is 127. The summed E-state index contributed by atoms with van der Waals surface area (Å²) in [5.74, 6) is -7.47. The van der Waals surface area contributed by atoms with Gasteiger partial charge >= 0.3 is 0 Å². The van der Waals surface area contributed by atoms with Crippen LogP contribution in [-0.2, 0) is 9.59 Å². The third kappa shape index (κ3) is 13.3. The van der Waals surface area contributed by atoms with Crippen molar-refractivity contribution < 1.29 is 95.2 Å². The Kier molecular flexibility index (Phi) is 24.6. The first-order valence-corrected chi connectivity index (χ1v) is 24.7. The van der Waals surface area contributed by atoms with E-state index in [0.717, 1.165) is 28.2 Å². The van der Waals surface area contributed by atoms with Crippen molar-refractivity contribution in [2.45, 2.75) is 55.4 Å². The van der Waals surface area contributed by atoms with Crippen LogP contribution in [0.5, 0.6) is 0 Å². The molecule has 31 heteroatoms. The van der Waals surface area contributed by atoms with Crippen LogP contribution >= 0.6 is 136 Å². The summed E-state index contributed by atoms with van der Waals surface area (Å²) in [6.07, 6.45) is -18.3. The Bertz CT molecular complexity index is 1910. The zero-order valence-electron chi connectivity index (χ0n) is 34.3. The van der Waals surface area contributed by atoms with Crippen molar-refractivity contribution in [3.8, 4) is 0 Å². The Balaban J connectivity index is 2.87. The van der Waals surface area contributed by atoms with E-state index in [2.05, 4.69) is 10.6 Å². The number of nitrogens with zero attached hydrogens (tertiary/aromatic N) is 4. The minimum Gasteiger partial charge on any atom is -0.394 e. The van der Waals surface area contributed by atoms with E-state index in [0.29, 0.717) is 19.6 Å². The third-order valence-corrected chi connectivity index (χ3v) is 15.9. The molecule has 0 aromatic heterocycles. The van der Waals surface area contributed by atoms with Crippen LogP contribution in [0.3, 0.4) is 0 Å². The average molecular weight is 1610 g/mol. The van der Waals surface area contributed by atoms with Crippen molar-refractivity contribution in [2.24, 2.45) is 0 Å². The van der Waals surface area contributed by atoms with Gasteiger partial charge in [0.1, 0.15) is 24.4 Å². The molecule has 8 unspecified atom stereocenters. The van der Waals surface area contributed by atoms with E-state index in [1.54, 1.807) is 136 Å². The Hall–Kier alpha value is -0.880. The van der Waals surface area contributed by atoms with Gasteiger partial charge in [0, 0.05) is 35.3 Å². The van der Waals surface area contributed by atoms with E-state index in [4.69, 9.17) is 0 Å². The molecule has 0 fully saturated rings. The topological polar surface area (TPSA) is 402 Å². The molecule has 0 aliphatic heterocycles. The molecule has 0 bridgehead atoms. The fourth-order valence-corrected chi connectivity index (χ4v) is 14.1. The number of hydrogen-bond donors (Lipinski definition) is 15. The monoisotopic (exact) mass is 1610 g/mol. The van der Waals surface area contributed by atoms with E-state index in [9.17, 15) is 95.2 Å². The second-order valence-corrected chi connectivity index (χ2v) is 20.3. The predicted molar refractivity (Wildman–Crippen MR) is 277 cm³/mol. The van der Waals surface area contributed by atoms with E-state index >= 15 is 0 Å². The predicted octanol–water partition coefficient (Wildman–Crippen LogP) is -3.77. The van der Waals surface area contributed by atoms with Crippen LogP contribution in [0.2, 0.25) is 0 Å². The average Bonchev–Trinajstić information content (AvgIpc) is 3.30. The third-order valence-electron chi connectivity index (χ3n) is 9.48. The highest BCUT2D eigenvalue weighted by Crippen LogP contribution is 2.39. The molecular formula is C35H44I6N6O19. The van der Waals surface area contributed by atoms with Crippen molar-refractivity contribution in [3.05, 3.63) is 43.7 Å². The molecule has 0 saturated carbocycles. The number of halogens is 6. The number of aliphatic hydroxyl groups excluding tert-OH is 13. The molecule has 2 rings (SSSR count). The smallest absolute Gasteiger partial charge is 0.263 e. The number of carbonyl (C=O) groups excluding carboxylic acids is 6. The standard InChI is InChI=1S/C35H44I6N6O19/c1-44(28(59)9(52)5-48)32(63)13-17(36)14(33(64)45(2)29(60)10(53)6-49)20(39)23(19(13)38)42-26(57)25(56)27(58)43-24-21(40)15(34(65)46(3)30(61)11(54)7-50)18(37)16(22(24)41)35(66)47(4)31(62)12(55)8-51/h9-12,25,28-31,48-56,59-62H,5-8H2,1-4H3,(H,42,57)(H,43,58). The maximum absolute atomic E-state index is 13.9. The molecule has 0 saturated heterocycles. The summed E-state index contributed by atoms with van der Waals surface area (Å²) in [6, 6.07) is 0. The van der Waals surface area contributed by atoms with Crippen LogP contribution in [0.1, 0.15) is 41.4 Å². The molecule has 8 atom stereocenters. The van der Waals surface area contributed by atoms with Gasteiger partial charge in [0.15, 0.2) is 24.9 Å². The van der Waals surface area contributed by atoms with E-state index in [1.807, 2.05) is 0 Å². The lowest BCUT2D eigenvalue weighted by atomic mass is 10.0. The van der Waals surface area contributed by atoms with Gasteiger partial charge in [0.05, 0.1) is 74.3 Å². The van der Waals surface area contributed by atoms with E-state index < -0.39 is 151 Å². The number of likely N-dealkylation sites (N-methyl/N-ethyl adjacent to an activating group) is 4. The van der Waals surface area contributed by atoms with Gasteiger partial charge in [0.25, 0.3) is 35.4 Å². The Labute approximate surface area is 456 Å². The maximum atomic E-state index is 13.9. The second kappa shape index (κ2) is 26.5. The zero-order valence-corrected chi connectivity index (χ0v) is 47.3. The minimum absolute atomic E-state index is 0.172. The summed E-state index contributed by atoms with van der Waals surface area (Å²) in [6.45, 7) is -3.94. The van der Waals surface area contributed by atoms with Gasteiger partial charge in [0.2, 0.25) is 6.10 Å². The largest absolute Gasteiger partial charge is 0.394 e. The fourth-order valence-electron chi connectivity index (χ4n) is 5.40. The molecule has 0 heterocycles. The highest BCUT2D eigenvalue weighted by molar-refractivity contribution is 14.1. The fraction of sp³-hybridized carbons (Fsp3) is 0.486. The molecule has 2 aromatic rings. The van der Waals surface area contributed by atoms with Gasteiger partial charge in [-0.25, -0.2) is 0 Å². The van der Waals surface area contributed by atoms with Crippen LogP contribution in [-0.4, -0.2) is 231 Å². The Morgan fingerprint density at radius 3 is 0.742 bits per heavy atom. The van der Waals surface area contributed by atoms with Crippen LogP contribution in [0.4, 0.5) is 11.4 Å². The molecule has 370 valence electrons. The van der Waals surface area contributed by atoms with Crippen LogP contribution in [0, 0.1) is 21.4 Å². The van der Waals surface area contributed by atoms with Crippen molar-refractivity contribution in [3.63, 3.8) is 0 Å². The van der Waals surface area contributed by atoms with E-state index in [-0.39, 0.29) is 21.4 Å². The van der Waals surface area contributed by atoms with Crippen LogP contribution < -0.4 is 10.6 Å². The number of aliphatic hydroxyl groups is 13. The summed E-state index contributed by atoms with van der Waals surface area (Å²) < 4.78 is -1.05. The summed E-state index contributed by atoms with van der Waals surface area (Å²) in [5.41, 5.74) is -2.51. The van der Waals surface area contributed by atoms with Crippen molar-refractivity contribution in [1.29, 1.82) is 0 Å². The molecular weight excluding hydrogens is 1570 g/mol. The number of carbonyl (C=O) groups is 6. The SMILES string of the molecule is CN(C(=O)c1c(I)c(NC(=O)C(O)C(=O)Nc2c(I)c(C(=O)N(C)C(O)C(O)CO)c(I)c(C(=O)N(C)C(O)C(O)CO)c2I)c(I)c(C(=O)N(C)C(O)C(O)CO)c1I)C(O)C(O)CO. The number of amides is 6. The van der Waals surface area contributed by atoms with Gasteiger partial charge in [-0.1, -0.05) is 0 Å². The van der Waals surface area contributed by atoms with Gasteiger partial charge in [-0.2, -0.15) is 0 Å². The molecule has 0 radical (unpaired) electrons. The normalized spacial score (nSPS) is 15.6. The lowest BCUT2D eigenvalue weighted by Gasteiger charge is -2.30. The second-order valence-electron chi connectivity index (χ2n) is 13.8. The van der Waals surface area contributed by atoms with Crippen LogP contribution in [0.25, 0.3) is 0 Å². The maximum Gasteiger partial charge on any atom is 0.263 e. The first kappa shape index (κ1) is 61.2. The molecule has 0 aliphatic rings. The molecule has 0 aliphatic carbocycles. The van der Waals surface area contributed by atoms with Gasteiger partial charge in [-0.05, 0) is 136 Å². The summed E-state index contributed by atoms with van der Waals surface area (Å²) >= 11 is 9.43. The first-order valence-electron chi connectivity index (χ1n) is 18.2. The molecule has 0 spiro atoms. The van der Waals surface area contributed by atoms with Crippen LogP contribution in [0.15, 0.2) is 0 Å². The lowest BCUT2D eigenvalue weighted by molar-refractivity contribution is -0.134. The summed E-state index contributed by atoms with van der Waals surface area (Å²) in [7, 11) is 4.11. The molecule has 66 heavy (non-hydrogen) atoms. The lowest BCUT2D eigenvalue weighted by Crippen LogP contribution is -2.48. The van der Waals surface area contributed by atoms with Crippen molar-refractivity contribution in [2.75, 3.05) is 65.3 Å². The van der Waals surface area contributed by atoms with Gasteiger partial charge in [-0.15, -0.1) is 0 Å². The quantitative estimate of drug-likeness (QED) is 0.0344. The highest BCUT2D eigenvalue weighted by Gasteiger charge is 2.39.